The SMILES string of the molecule is CC(C)(C)CC(=O)N[C@H]1CC(C)(C)Cc2nc(-c3cnccn3)ncc21. The van der Waals surface area contributed by atoms with E-state index >= 15 is 0 Å². The van der Waals surface area contributed by atoms with Crippen molar-refractivity contribution >= 4 is 5.91 Å². The van der Waals surface area contributed by atoms with Gasteiger partial charge in [-0.1, -0.05) is 34.6 Å². The third-order valence-electron chi connectivity index (χ3n) is 4.50. The van der Waals surface area contributed by atoms with Gasteiger partial charge in [-0.2, -0.15) is 0 Å². The summed E-state index contributed by atoms with van der Waals surface area (Å²) in [5, 5.41) is 3.20. The predicted molar refractivity (Wildman–Crippen MR) is 100 cm³/mol. The molecule has 0 bridgehead atoms. The lowest BCUT2D eigenvalue weighted by molar-refractivity contribution is -0.123. The fraction of sp³-hybridized carbons (Fsp3) is 0.550. The molecular formula is C20H27N5O. The van der Waals surface area contributed by atoms with Gasteiger partial charge in [0.1, 0.15) is 5.69 Å². The Kier molecular flexibility index (Phi) is 4.78. The van der Waals surface area contributed by atoms with Crippen LogP contribution in [0, 0.1) is 10.8 Å². The molecule has 1 aliphatic carbocycles. The van der Waals surface area contributed by atoms with Gasteiger partial charge in [0, 0.05) is 30.6 Å². The van der Waals surface area contributed by atoms with Crippen molar-refractivity contribution in [3.63, 3.8) is 0 Å². The molecule has 0 radical (unpaired) electrons. The molecule has 6 nitrogen and oxygen atoms in total. The summed E-state index contributed by atoms with van der Waals surface area (Å²) < 4.78 is 0. The minimum atomic E-state index is -0.0560. The Morgan fingerprint density at radius 2 is 2.00 bits per heavy atom. The van der Waals surface area contributed by atoms with Gasteiger partial charge >= 0.3 is 0 Å². The molecule has 26 heavy (non-hydrogen) atoms. The zero-order valence-corrected chi connectivity index (χ0v) is 16.2. The van der Waals surface area contributed by atoms with Gasteiger partial charge in [-0.25, -0.2) is 15.0 Å². The summed E-state index contributed by atoms with van der Waals surface area (Å²) in [5.41, 5.74) is 2.67. The van der Waals surface area contributed by atoms with E-state index in [1.165, 1.54) is 0 Å². The number of hydrogen-bond donors (Lipinski definition) is 1. The number of fused-ring (bicyclic) bond motifs is 1. The Balaban J connectivity index is 1.89. The van der Waals surface area contributed by atoms with Gasteiger partial charge in [0.2, 0.25) is 5.91 Å². The van der Waals surface area contributed by atoms with Gasteiger partial charge in [0.05, 0.1) is 17.9 Å². The molecule has 2 aromatic rings. The summed E-state index contributed by atoms with van der Waals surface area (Å²) in [6.45, 7) is 10.6. The lowest BCUT2D eigenvalue weighted by Gasteiger charge is -2.36. The summed E-state index contributed by atoms with van der Waals surface area (Å²) in [4.78, 5) is 30.1. The third-order valence-corrected chi connectivity index (χ3v) is 4.50. The van der Waals surface area contributed by atoms with Crippen LogP contribution in [0.5, 0.6) is 0 Å². The largest absolute Gasteiger partial charge is 0.349 e. The highest BCUT2D eigenvalue weighted by molar-refractivity contribution is 5.77. The van der Waals surface area contributed by atoms with Gasteiger partial charge in [-0.05, 0) is 23.7 Å². The smallest absolute Gasteiger partial charge is 0.221 e. The van der Waals surface area contributed by atoms with Crippen LogP contribution in [0.1, 0.15) is 64.8 Å². The number of hydrogen-bond acceptors (Lipinski definition) is 5. The van der Waals surface area contributed by atoms with E-state index in [4.69, 9.17) is 4.98 Å². The molecule has 138 valence electrons. The van der Waals surface area contributed by atoms with Gasteiger partial charge < -0.3 is 5.32 Å². The maximum Gasteiger partial charge on any atom is 0.221 e. The zero-order chi connectivity index (χ0) is 18.9. The van der Waals surface area contributed by atoms with Crippen molar-refractivity contribution in [3.05, 3.63) is 36.0 Å². The molecule has 6 heteroatoms. The molecule has 0 unspecified atom stereocenters. The fourth-order valence-electron chi connectivity index (χ4n) is 3.44. The van der Waals surface area contributed by atoms with Crippen molar-refractivity contribution in [1.82, 2.24) is 25.3 Å². The van der Waals surface area contributed by atoms with E-state index in [0.717, 1.165) is 24.1 Å². The molecule has 2 aromatic heterocycles. The second-order valence-electron chi connectivity index (χ2n) is 9.09. The Bertz CT molecular complexity index is 796. The Labute approximate surface area is 154 Å². The second-order valence-corrected chi connectivity index (χ2v) is 9.09. The normalized spacial score (nSPS) is 18.9. The number of amides is 1. The lowest BCUT2D eigenvalue weighted by Crippen LogP contribution is -2.38. The average molecular weight is 353 g/mol. The summed E-state index contributed by atoms with van der Waals surface area (Å²) in [6.07, 6.45) is 9.00. The number of rotatable bonds is 3. The van der Waals surface area contributed by atoms with Crippen molar-refractivity contribution < 1.29 is 4.79 Å². The molecule has 0 saturated carbocycles. The Morgan fingerprint density at radius 3 is 2.65 bits per heavy atom. The third kappa shape index (κ3) is 4.42. The molecule has 1 N–H and O–H groups in total. The van der Waals surface area contributed by atoms with Crippen LogP contribution in [-0.2, 0) is 11.2 Å². The number of nitrogens with one attached hydrogen (secondary N) is 1. The van der Waals surface area contributed by atoms with Gasteiger partial charge in [0.25, 0.3) is 0 Å². The molecule has 1 aliphatic rings. The molecule has 0 spiro atoms. The summed E-state index contributed by atoms with van der Waals surface area (Å²) in [6, 6.07) is -0.0560. The highest BCUT2D eigenvalue weighted by Gasteiger charge is 2.35. The lowest BCUT2D eigenvalue weighted by atomic mass is 9.74. The topological polar surface area (TPSA) is 80.7 Å². The van der Waals surface area contributed by atoms with Crippen LogP contribution >= 0.6 is 0 Å². The van der Waals surface area contributed by atoms with Crippen LogP contribution in [0.2, 0.25) is 0 Å². The number of carbonyl (C=O) groups excluding carboxylic acids is 1. The maximum absolute atomic E-state index is 12.5. The number of nitrogens with zero attached hydrogens (tertiary/aromatic N) is 4. The maximum atomic E-state index is 12.5. The Hall–Kier alpha value is -2.37. The van der Waals surface area contributed by atoms with Crippen LogP contribution in [0.15, 0.2) is 24.8 Å². The zero-order valence-electron chi connectivity index (χ0n) is 16.2. The van der Waals surface area contributed by atoms with E-state index in [9.17, 15) is 4.79 Å². The molecule has 0 aromatic carbocycles. The van der Waals surface area contributed by atoms with Crippen LogP contribution in [-0.4, -0.2) is 25.8 Å². The number of aromatic nitrogens is 4. The first kappa shape index (κ1) is 18.4. The second kappa shape index (κ2) is 6.74. The van der Waals surface area contributed by atoms with Crippen LogP contribution < -0.4 is 5.32 Å². The van der Waals surface area contributed by atoms with E-state index in [2.05, 4.69) is 54.9 Å². The standard InChI is InChI=1S/C20H27N5O/c1-19(2,3)10-17(26)24-14-8-20(4,5)9-15-13(14)11-23-18(25-15)16-12-21-6-7-22-16/h6-7,11-12,14H,8-10H2,1-5H3,(H,24,26)/t14-/m0/s1. The van der Waals surface area contributed by atoms with Crippen LogP contribution in [0.3, 0.4) is 0 Å². The number of carbonyl (C=O) groups is 1. The fourth-order valence-corrected chi connectivity index (χ4v) is 3.44. The van der Waals surface area contributed by atoms with E-state index < -0.39 is 0 Å². The van der Waals surface area contributed by atoms with E-state index in [-0.39, 0.29) is 22.8 Å². The average Bonchev–Trinajstić information content (AvgIpc) is 2.52. The minimum absolute atomic E-state index is 0.0383. The molecule has 0 aliphatic heterocycles. The first-order chi connectivity index (χ1) is 12.1. The molecule has 0 fully saturated rings. The molecule has 3 rings (SSSR count). The van der Waals surface area contributed by atoms with Crippen molar-refractivity contribution in [3.8, 4) is 11.5 Å². The summed E-state index contributed by atoms with van der Waals surface area (Å²) in [5.74, 6) is 0.651. The van der Waals surface area contributed by atoms with Gasteiger partial charge in [-0.3, -0.25) is 9.78 Å². The highest BCUT2D eigenvalue weighted by Crippen LogP contribution is 2.40. The summed E-state index contributed by atoms with van der Waals surface area (Å²) >= 11 is 0. The minimum Gasteiger partial charge on any atom is -0.349 e. The predicted octanol–water partition coefficient (Wildman–Crippen LogP) is 3.50. The molecule has 0 saturated heterocycles. The van der Waals surface area contributed by atoms with Crippen molar-refractivity contribution in [2.24, 2.45) is 10.8 Å². The van der Waals surface area contributed by atoms with Crippen LogP contribution in [0.25, 0.3) is 11.5 Å². The molecular weight excluding hydrogens is 326 g/mol. The first-order valence-corrected chi connectivity index (χ1v) is 9.05. The quantitative estimate of drug-likeness (QED) is 0.913. The first-order valence-electron chi connectivity index (χ1n) is 9.05. The highest BCUT2D eigenvalue weighted by atomic mass is 16.1. The summed E-state index contributed by atoms with van der Waals surface area (Å²) in [7, 11) is 0. The molecule has 1 atom stereocenters. The monoisotopic (exact) mass is 353 g/mol. The molecule has 1 amide bonds. The van der Waals surface area contributed by atoms with E-state index in [1.54, 1.807) is 18.6 Å². The molecule has 2 heterocycles. The Morgan fingerprint density at radius 1 is 1.23 bits per heavy atom. The van der Waals surface area contributed by atoms with E-state index in [0.29, 0.717) is 17.9 Å². The van der Waals surface area contributed by atoms with Crippen molar-refractivity contribution in [2.45, 2.75) is 59.9 Å². The van der Waals surface area contributed by atoms with Crippen molar-refractivity contribution in [2.75, 3.05) is 0 Å². The van der Waals surface area contributed by atoms with Crippen LogP contribution in [0.4, 0.5) is 0 Å². The van der Waals surface area contributed by atoms with Gasteiger partial charge in [0.15, 0.2) is 5.82 Å². The van der Waals surface area contributed by atoms with Crippen molar-refractivity contribution in [1.29, 1.82) is 0 Å². The van der Waals surface area contributed by atoms with Gasteiger partial charge in [-0.15, -0.1) is 0 Å². The van der Waals surface area contributed by atoms with E-state index in [1.807, 2.05) is 6.20 Å².